The number of oxazole rings is 1. The van der Waals surface area contributed by atoms with Gasteiger partial charge in [0.2, 0.25) is 15.9 Å². The standard InChI is InChI=1S/C19H20ClN3O3S/c1-14-6-7-16-17(12-14)26-19(21-16)13-22-8-10-23(11-9-22)27(24,25)18-5-3-2-4-15(18)20/h2-7,12H,8-11,13H2,1H3. The molecule has 0 atom stereocenters. The lowest BCUT2D eigenvalue weighted by molar-refractivity contribution is 0.169. The molecule has 0 spiro atoms. The number of fused-ring (bicyclic) bond motifs is 1. The molecule has 0 N–H and O–H groups in total. The SMILES string of the molecule is Cc1ccc2nc(CN3CCN(S(=O)(=O)c4ccccc4Cl)CC3)oc2c1. The highest BCUT2D eigenvalue weighted by atomic mass is 35.5. The second-order valence-electron chi connectivity index (χ2n) is 6.69. The summed E-state index contributed by atoms with van der Waals surface area (Å²) >= 11 is 6.08. The summed E-state index contributed by atoms with van der Waals surface area (Å²) in [6.07, 6.45) is 0. The fourth-order valence-corrected chi connectivity index (χ4v) is 5.17. The van der Waals surface area contributed by atoms with E-state index >= 15 is 0 Å². The van der Waals surface area contributed by atoms with E-state index in [0.29, 0.717) is 38.6 Å². The first kappa shape index (κ1) is 18.4. The minimum atomic E-state index is -3.58. The van der Waals surface area contributed by atoms with Crippen LogP contribution in [-0.2, 0) is 16.6 Å². The first-order valence-corrected chi connectivity index (χ1v) is 10.6. The Bertz CT molecular complexity index is 1070. The molecule has 142 valence electrons. The molecule has 6 nitrogen and oxygen atoms in total. The van der Waals surface area contributed by atoms with Crippen LogP contribution in [0.5, 0.6) is 0 Å². The fraction of sp³-hybridized carbons (Fsp3) is 0.316. The highest BCUT2D eigenvalue weighted by Gasteiger charge is 2.30. The summed E-state index contributed by atoms with van der Waals surface area (Å²) < 4.78 is 32.9. The fourth-order valence-electron chi connectivity index (χ4n) is 3.26. The summed E-state index contributed by atoms with van der Waals surface area (Å²) in [5, 5.41) is 0.252. The minimum Gasteiger partial charge on any atom is -0.439 e. The molecule has 1 aliphatic heterocycles. The Morgan fingerprint density at radius 3 is 2.59 bits per heavy atom. The van der Waals surface area contributed by atoms with Gasteiger partial charge in [0.25, 0.3) is 0 Å². The van der Waals surface area contributed by atoms with Crippen LogP contribution in [0.1, 0.15) is 11.5 Å². The number of rotatable bonds is 4. The first-order valence-electron chi connectivity index (χ1n) is 8.76. The van der Waals surface area contributed by atoms with E-state index in [4.69, 9.17) is 16.0 Å². The van der Waals surface area contributed by atoms with Crippen LogP contribution in [0.4, 0.5) is 0 Å². The molecule has 2 heterocycles. The number of halogens is 1. The lowest BCUT2D eigenvalue weighted by Crippen LogP contribution is -2.48. The second-order valence-corrected chi connectivity index (χ2v) is 9.00. The van der Waals surface area contributed by atoms with Crippen molar-refractivity contribution < 1.29 is 12.8 Å². The predicted molar refractivity (Wildman–Crippen MR) is 104 cm³/mol. The lowest BCUT2D eigenvalue weighted by atomic mass is 10.2. The van der Waals surface area contributed by atoms with Gasteiger partial charge in [-0.05, 0) is 36.8 Å². The van der Waals surface area contributed by atoms with Gasteiger partial charge in [0.05, 0.1) is 11.6 Å². The Balaban J connectivity index is 1.43. The van der Waals surface area contributed by atoms with E-state index in [0.717, 1.165) is 16.7 Å². The Kier molecular flexibility index (Phi) is 4.94. The van der Waals surface area contributed by atoms with Gasteiger partial charge in [-0.1, -0.05) is 29.8 Å². The Hall–Kier alpha value is -1.93. The van der Waals surface area contributed by atoms with Crippen molar-refractivity contribution in [3.63, 3.8) is 0 Å². The van der Waals surface area contributed by atoms with Gasteiger partial charge in [0.15, 0.2) is 5.58 Å². The zero-order valence-corrected chi connectivity index (χ0v) is 16.5. The molecule has 0 amide bonds. The number of piperazine rings is 1. The maximum atomic E-state index is 12.8. The number of aromatic nitrogens is 1. The molecule has 1 aliphatic rings. The van der Waals surface area contributed by atoms with Crippen molar-refractivity contribution in [2.45, 2.75) is 18.4 Å². The summed E-state index contributed by atoms with van der Waals surface area (Å²) in [6, 6.07) is 12.5. The van der Waals surface area contributed by atoms with Crippen LogP contribution in [0.3, 0.4) is 0 Å². The maximum absolute atomic E-state index is 12.8. The lowest BCUT2D eigenvalue weighted by Gasteiger charge is -2.33. The van der Waals surface area contributed by atoms with Gasteiger partial charge in [-0.25, -0.2) is 13.4 Å². The number of hydrogen-bond donors (Lipinski definition) is 0. The zero-order chi connectivity index (χ0) is 19.0. The van der Waals surface area contributed by atoms with Crippen LogP contribution in [0.2, 0.25) is 5.02 Å². The number of nitrogens with zero attached hydrogens (tertiary/aromatic N) is 3. The molecule has 0 unspecified atom stereocenters. The molecular weight excluding hydrogens is 386 g/mol. The summed E-state index contributed by atoms with van der Waals surface area (Å²) in [7, 11) is -3.58. The number of aryl methyl sites for hydroxylation is 1. The monoisotopic (exact) mass is 405 g/mol. The first-order chi connectivity index (χ1) is 12.9. The van der Waals surface area contributed by atoms with Crippen molar-refractivity contribution in [3.05, 3.63) is 58.9 Å². The van der Waals surface area contributed by atoms with Crippen LogP contribution >= 0.6 is 11.6 Å². The van der Waals surface area contributed by atoms with Crippen molar-refractivity contribution in [2.24, 2.45) is 0 Å². The summed E-state index contributed by atoms with van der Waals surface area (Å²) in [5.74, 6) is 0.651. The van der Waals surface area contributed by atoms with Gasteiger partial charge >= 0.3 is 0 Å². The third kappa shape index (κ3) is 3.73. The van der Waals surface area contributed by atoms with Crippen LogP contribution in [0.25, 0.3) is 11.1 Å². The van der Waals surface area contributed by atoms with E-state index < -0.39 is 10.0 Å². The molecule has 4 rings (SSSR count). The topological polar surface area (TPSA) is 66.7 Å². The highest BCUT2D eigenvalue weighted by Crippen LogP contribution is 2.25. The van der Waals surface area contributed by atoms with Crippen LogP contribution in [-0.4, -0.2) is 48.8 Å². The number of benzene rings is 2. The molecule has 0 bridgehead atoms. The second kappa shape index (κ2) is 7.24. The van der Waals surface area contributed by atoms with E-state index in [1.54, 1.807) is 24.3 Å². The van der Waals surface area contributed by atoms with Crippen molar-refractivity contribution in [1.82, 2.24) is 14.2 Å². The average molecular weight is 406 g/mol. The van der Waals surface area contributed by atoms with Gasteiger partial charge < -0.3 is 4.42 Å². The molecule has 0 aliphatic carbocycles. The van der Waals surface area contributed by atoms with Crippen molar-refractivity contribution >= 4 is 32.7 Å². The molecule has 27 heavy (non-hydrogen) atoms. The van der Waals surface area contributed by atoms with E-state index in [-0.39, 0.29) is 9.92 Å². The number of hydrogen-bond acceptors (Lipinski definition) is 5. The quantitative estimate of drug-likeness (QED) is 0.666. The molecule has 2 aromatic carbocycles. The molecule has 0 radical (unpaired) electrons. The summed E-state index contributed by atoms with van der Waals surface area (Å²) in [5.41, 5.74) is 2.75. The van der Waals surface area contributed by atoms with Crippen molar-refractivity contribution in [2.75, 3.05) is 26.2 Å². The summed E-state index contributed by atoms with van der Waals surface area (Å²) in [4.78, 5) is 6.83. The van der Waals surface area contributed by atoms with Crippen LogP contribution in [0, 0.1) is 6.92 Å². The van der Waals surface area contributed by atoms with E-state index in [9.17, 15) is 8.42 Å². The molecule has 1 aromatic heterocycles. The van der Waals surface area contributed by atoms with Crippen LogP contribution in [0.15, 0.2) is 51.8 Å². The molecule has 1 fully saturated rings. The predicted octanol–water partition coefficient (Wildman–Crippen LogP) is 3.30. The molecule has 3 aromatic rings. The van der Waals surface area contributed by atoms with Gasteiger partial charge in [0.1, 0.15) is 10.4 Å². The van der Waals surface area contributed by atoms with E-state index in [1.807, 2.05) is 25.1 Å². The Morgan fingerprint density at radius 1 is 1.11 bits per heavy atom. The molecule has 1 saturated heterocycles. The van der Waals surface area contributed by atoms with Crippen molar-refractivity contribution in [1.29, 1.82) is 0 Å². The Labute approximate surface area is 163 Å². The van der Waals surface area contributed by atoms with E-state index in [2.05, 4.69) is 9.88 Å². The van der Waals surface area contributed by atoms with Crippen molar-refractivity contribution in [3.8, 4) is 0 Å². The van der Waals surface area contributed by atoms with Gasteiger partial charge in [-0.3, -0.25) is 4.90 Å². The third-order valence-corrected chi connectivity index (χ3v) is 7.13. The maximum Gasteiger partial charge on any atom is 0.244 e. The molecule has 8 heteroatoms. The van der Waals surface area contributed by atoms with Gasteiger partial charge in [-0.2, -0.15) is 4.31 Å². The third-order valence-electron chi connectivity index (χ3n) is 4.73. The minimum absolute atomic E-state index is 0.162. The highest BCUT2D eigenvalue weighted by molar-refractivity contribution is 7.89. The Morgan fingerprint density at radius 2 is 1.85 bits per heavy atom. The molecular formula is C19H20ClN3O3S. The number of sulfonamides is 1. The van der Waals surface area contributed by atoms with Gasteiger partial charge in [0, 0.05) is 26.2 Å². The van der Waals surface area contributed by atoms with Crippen LogP contribution < -0.4 is 0 Å². The zero-order valence-electron chi connectivity index (χ0n) is 14.9. The largest absolute Gasteiger partial charge is 0.439 e. The molecule has 0 saturated carbocycles. The average Bonchev–Trinajstić information content (AvgIpc) is 3.03. The normalized spacial score (nSPS) is 16.8. The van der Waals surface area contributed by atoms with E-state index in [1.165, 1.54) is 4.31 Å². The van der Waals surface area contributed by atoms with Gasteiger partial charge in [-0.15, -0.1) is 0 Å². The smallest absolute Gasteiger partial charge is 0.244 e. The summed E-state index contributed by atoms with van der Waals surface area (Å²) in [6.45, 7) is 4.62.